The highest BCUT2D eigenvalue weighted by Crippen LogP contribution is 1.89. The number of methoxy groups -OCH3 is 1. The molecule has 112 valence electrons. The van der Waals surface area contributed by atoms with Crippen molar-refractivity contribution in [1.29, 1.82) is 0 Å². The lowest BCUT2D eigenvalue weighted by molar-refractivity contribution is 0.0136. The van der Waals surface area contributed by atoms with E-state index in [-0.39, 0.29) is 0 Å². The molecule has 0 radical (unpaired) electrons. The van der Waals surface area contributed by atoms with E-state index in [1.165, 1.54) is 12.8 Å². The molecule has 0 aliphatic heterocycles. The van der Waals surface area contributed by atoms with E-state index in [2.05, 4.69) is 18.6 Å². The maximum Gasteiger partial charge on any atom is 0.0701 e. The van der Waals surface area contributed by atoms with Crippen LogP contribution in [-0.4, -0.2) is 53.9 Å². The topological polar surface area (TPSA) is 36.9 Å². The molecule has 0 saturated heterocycles. The maximum absolute atomic E-state index is 5.35. The van der Waals surface area contributed by atoms with Crippen molar-refractivity contribution in [3.63, 3.8) is 0 Å². The molecule has 0 heterocycles. The second-order valence-corrected chi connectivity index (χ2v) is 3.95. The van der Waals surface area contributed by atoms with Gasteiger partial charge in [0.15, 0.2) is 0 Å². The van der Waals surface area contributed by atoms with Gasteiger partial charge in [-0.3, -0.25) is 0 Å². The van der Waals surface area contributed by atoms with E-state index in [4.69, 9.17) is 14.2 Å². The van der Waals surface area contributed by atoms with Crippen LogP contribution in [0.15, 0.2) is 0 Å². The van der Waals surface area contributed by atoms with Gasteiger partial charge in [-0.05, 0) is 12.8 Å². The summed E-state index contributed by atoms with van der Waals surface area (Å²) in [6.45, 7) is 8.80. The van der Waals surface area contributed by atoms with Gasteiger partial charge in [-0.2, -0.15) is 0 Å². The maximum atomic E-state index is 5.35. The highest BCUT2D eigenvalue weighted by Gasteiger charge is 1.90. The zero-order valence-electron chi connectivity index (χ0n) is 12.7. The van der Waals surface area contributed by atoms with Gasteiger partial charge in [0.25, 0.3) is 0 Å². The average Bonchev–Trinajstić information content (AvgIpc) is 2.37. The molecule has 0 amide bonds. The fourth-order valence-electron chi connectivity index (χ4n) is 1.03. The minimum absolute atomic E-state index is 0.681. The van der Waals surface area contributed by atoms with Gasteiger partial charge in [-0.25, -0.2) is 0 Å². The van der Waals surface area contributed by atoms with E-state index in [9.17, 15) is 0 Å². The van der Waals surface area contributed by atoms with Crippen LogP contribution in [0.25, 0.3) is 0 Å². The first-order valence-electron chi connectivity index (χ1n) is 6.96. The Morgan fingerprint density at radius 3 is 1.11 bits per heavy atom. The Balaban J connectivity index is 0. The van der Waals surface area contributed by atoms with E-state index in [1.807, 2.05) is 0 Å². The molecule has 0 aromatic carbocycles. The second-order valence-electron chi connectivity index (χ2n) is 3.95. The van der Waals surface area contributed by atoms with E-state index >= 15 is 0 Å². The Hall–Kier alpha value is -0.160. The third-order valence-electron chi connectivity index (χ3n) is 2.03. The molecule has 0 N–H and O–H groups in total. The Kier molecular flexibility index (Phi) is 24.7. The molecule has 18 heavy (non-hydrogen) atoms. The van der Waals surface area contributed by atoms with E-state index < -0.39 is 0 Å². The van der Waals surface area contributed by atoms with Crippen molar-refractivity contribution in [2.24, 2.45) is 0 Å². The molecule has 4 heteroatoms. The van der Waals surface area contributed by atoms with Crippen LogP contribution in [0, 0.1) is 0 Å². The summed E-state index contributed by atoms with van der Waals surface area (Å²) in [5.74, 6) is 0. The molecule has 0 rings (SSSR count). The van der Waals surface area contributed by atoms with Crippen molar-refractivity contribution in [1.82, 2.24) is 0 Å². The number of unbranched alkanes of at least 4 members (excludes halogenated alkanes) is 2. The lowest BCUT2D eigenvalue weighted by atomic mass is 10.4. The van der Waals surface area contributed by atoms with Crippen LogP contribution in [0.4, 0.5) is 0 Å². The second kappa shape index (κ2) is 22.1. The van der Waals surface area contributed by atoms with Gasteiger partial charge < -0.3 is 18.9 Å². The van der Waals surface area contributed by atoms with E-state index in [0.29, 0.717) is 26.4 Å². The SMILES string of the molecule is CCCCOCCOCCOCCCC.COC. The third-order valence-corrected chi connectivity index (χ3v) is 2.03. The van der Waals surface area contributed by atoms with Crippen molar-refractivity contribution < 1.29 is 18.9 Å². The molecular weight excluding hydrogens is 232 g/mol. The molecule has 0 saturated carbocycles. The first-order chi connectivity index (χ1) is 8.83. The quantitative estimate of drug-likeness (QED) is 0.508. The molecule has 0 spiro atoms. The Labute approximate surface area is 113 Å². The number of ether oxygens (including phenoxy) is 4. The molecule has 0 unspecified atom stereocenters. The average molecular weight is 264 g/mol. The Bertz CT molecular complexity index is 108. The Morgan fingerprint density at radius 1 is 0.556 bits per heavy atom. The smallest absolute Gasteiger partial charge is 0.0701 e. The molecule has 0 bridgehead atoms. The normalized spacial score (nSPS) is 10.0. The number of hydrogen-bond acceptors (Lipinski definition) is 4. The zero-order chi connectivity index (χ0) is 13.9. The van der Waals surface area contributed by atoms with Crippen LogP contribution < -0.4 is 0 Å². The summed E-state index contributed by atoms with van der Waals surface area (Å²) < 4.78 is 20.3. The van der Waals surface area contributed by atoms with Crippen LogP contribution >= 0.6 is 0 Å². The van der Waals surface area contributed by atoms with Gasteiger partial charge in [0.05, 0.1) is 26.4 Å². The molecule has 0 aliphatic rings. The molecule has 0 atom stereocenters. The van der Waals surface area contributed by atoms with Crippen LogP contribution in [0.1, 0.15) is 39.5 Å². The molecule has 4 nitrogen and oxygen atoms in total. The fraction of sp³-hybridized carbons (Fsp3) is 1.00. The van der Waals surface area contributed by atoms with Crippen LogP contribution in [0.2, 0.25) is 0 Å². The van der Waals surface area contributed by atoms with Crippen molar-refractivity contribution in [2.45, 2.75) is 39.5 Å². The van der Waals surface area contributed by atoms with Crippen molar-refractivity contribution >= 4 is 0 Å². The molecule has 0 fully saturated rings. The highest BCUT2D eigenvalue weighted by molar-refractivity contribution is 4.36. The Morgan fingerprint density at radius 2 is 0.833 bits per heavy atom. The molecular formula is C14H32O4. The minimum atomic E-state index is 0.681. The lowest BCUT2D eigenvalue weighted by Gasteiger charge is -2.06. The molecule has 0 aliphatic carbocycles. The number of hydrogen-bond donors (Lipinski definition) is 0. The predicted molar refractivity (Wildman–Crippen MR) is 75.2 cm³/mol. The van der Waals surface area contributed by atoms with Crippen molar-refractivity contribution in [3.8, 4) is 0 Å². The molecule has 0 aromatic rings. The first kappa shape index (κ1) is 20.2. The van der Waals surface area contributed by atoms with Gasteiger partial charge in [0, 0.05) is 27.4 Å². The summed E-state index contributed by atoms with van der Waals surface area (Å²) >= 11 is 0. The van der Waals surface area contributed by atoms with Crippen LogP contribution in [0.5, 0.6) is 0 Å². The van der Waals surface area contributed by atoms with Gasteiger partial charge >= 0.3 is 0 Å². The summed E-state index contributed by atoms with van der Waals surface area (Å²) in [5.41, 5.74) is 0. The monoisotopic (exact) mass is 264 g/mol. The van der Waals surface area contributed by atoms with Gasteiger partial charge in [-0.1, -0.05) is 26.7 Å². The van der Waals surface area contributed by atoms with Crippen molar-refractivity contribution in [3.05, 3.63) is 0 Å². The van der Waals surface area contributed by atoms with Gasteiger partial charge in [0.1, 0.15) is 0 Å². The van der Waals surface area contributed by atoms with Crippen LogP contribution in [-0.2, 0) is 18.9 Å². The lowest BCUT2D eigenvalue weighted by Crippen LogP contribution is -2.10. The van der Waals surface area contributed by atoms with Gasteiger partial charge in [-0.15, -0.1) is 0 Å². The van der Waals surface area contributed by atoms with Crippen LogP contribution in [0.3, 0.4) is 0 Å². The fourth-order valence-corrected chi connectivity index (χ4v) is 1.03. The minimum Gasteiger partial charge on any atom is -0.388 e. The summed E-state index contributed by atoms with van der Waals surface area (Å²) in [6, 6.07) is 0. The zero-order valence-corrected chi connectivity index (χ0v) is 12.7. The highest BCUT2D eigenvalue weighted by atomic mass is 16.5. The first-order valence-corrected chi connectivity index (χ1v) is 6.96. The third kappa shape index (κ3) is 24.9. The summed E-state index contributed by atoms with van der Waals surface area (Å²) in [7, 11) is 3.25. The largest absolute Gasteiger partial charge is 0.388 e. The summed E-state index contributed by atoms with van der Waals surface area (Å²) in [5, 5.41) is 0. The summed E-state index contributed by atoms with van der Waals surface area (Å²) in [6.07, 6.45) is 4.65. The summed E-state index contributed by atoms with van der Waals surface area (Å²) in [4.78, 5) is 0. The van der Waals surface area contributed by atoms with Crippen molar-refractivity contribution in [2.75, 3.05) is 53.9 Å². The molecule has 0 aromatic heterocycles. The van der Waals surface area contributed by atoms with E-state index in [1.54, 1.807) is 14.2 Å². The predicted octanol–water partition coefficient (Wildman–Crippen LogP) is 2.90. The standard InChI is InChI=1S/C12H26O3.C2H6O/c1-3-5-7-13-9-11-15-12-10-14-8-6-4-2;1-3-2/h3-12H2,1-2H3;1-2H3. The number of rotatable bonds is 12. The van der Waals surface area contributed by atoms with E-state index in [0.717, 1.165) is 26.1 Å². The van der Waals surface area contributed by atoms with Gasteiger partial charge in [0.2, 0.25) is 0 Å².